The monoisotopic (exact) mass is 492 g/mol. The minimum Gasteiger partial charge on any atom is -1.00 e. The molecule has 26 heavy (non-hydrogen) atoms. The number of amides is 1. The van der Waals surface area contributed by atoms with Crippen molar-refractivity contribution in [3.63, 3.8) is 0 Å². The number of aromatic nitrogens is 1. The van der Waals surface area contributed by atoms with E-state index in [0.717, 1.165) is 15.7 Å². The molecule has 3 rings (SSSR count). The second kappa shape index (κ2) is 9.66. The van der Waals surface area contributed by atoms with Gasteiger partial charge in [-0.3, -0.25) is 4.79 Å². The standard InChI is InChI=1S/C19H16BrN3OS.BrH/c1-2-12-23-17(14-6-4-3-5-7-14)13-25-19(23)22-21-18(24)15-8-10-16(20)11-9-15;/h2-11,13H,1,12H2,(H,21,24);1H/p-1/b22-19-;. The van der Waals surface area contributed by atoms with Crippen molar-refractivity contribution in [2.24, 2.45) is 5.10 Å². The molecule has 134 valence electrons. The molecule has 0 unspecified atom stereocenters. The minimum atomic E-state index is -0.243. The van der Waals surface area contributed by atoms with Gasteiger partial charge in [0, 0.05) is 22.0 Å². The maximum absolute atomic E-state index is 12.2. The molecule has 1 amide bonds. The Labute approximate surface area is 174 Å². The molecule has 4 nitrogen and oxygen atoms in total. The van der Waals surface area contributed by atoms with E-state index in [1.807, 2.05) is 58.5 Å². The predicted molar refractivity (Wildman–Crippen MR) is 105 cm³/mol. The van der Waals surface area contributed by atoms with Crippen LogP contribution in [0.5, 0.6) is 0 Å². The molecule has 0 spiro atoms. The van der Waals surface area contributed by atoms with E-state index in [9.17, 15) is 4.79 Å². The van der Waals surface area contributed by atoms with Crippen LogP contribution in [0.1, 0.15) is 10.4 Å². The van der Waals surface area contributed by atoms with Crippen molar-refractivity contribution in [3.05, 3.63) is 87.5 Å². The number of rotatable bonds is 5. The maximum atomic E-state index is 12.2. The van der Waals surface area contributed by atoms with Crippen molar-refractivity contribution >= 4 is 33.2 Å². The molecule has 7 heteroatoms. The highest BCUT2D eigenvalue weighted by Crippen LogP contribution is 2.19. The topological polar surface area (TPSA) is 46.4 Å². The lowest BCUT2D eigenvalue weighted by Gasteiger charge is -2.06. The van der Waals surface area contributed by atoms with Crippen molar-refractivity contribution in [2.75, 3.05) is 0 Å². The van der Waals surface area contributed by atoms with Gasteiger partial charge in [0.2, 0.25) is 4.80 Å². The maximum Gasteiger partial charge on any atom is 0.271 e. The molecule has 1 N–H and O–H groups in total. The Hall–Kier alpha value is -1.96. The molecule has 0 aliphatic heterocycles. The number of thiazole rings is 1. The fraction of sp³-hybridized carbons (Fsp3) is 0.0526. The number of halogens is 2. The van der Waals surface area contributed by atoms with Crippen molar-refractivity contribution in [1.82, 2.24) is 9.99 Å². The predicted octanol–water partition coefficient (Wildman–Crippen LogP) is 1.41. The number of hydrogen-bond acceptors (Lipinski definition) is 3. The first-order valence-corrected chi connectivity index (χ1v) is 9.30. The van der Waals surface area contributed by atoms with Gasteiger partial charge in [0.1, 0.15) is 0 Å². The van der Waals surface area contributed by atoms with Gasteiger partial charge >= 0.3 is 0 Å². The first-order valence-electron chi connectivity index (χ1n) is 7.63. The van der Waals surface area contributed by atoms with Crippen LogP contribution < -0.4 is 27.2 Å². The van der Waals surface area contributed by atoms with Crippen LogP contribution in [0.3, 0.4) is 0 Å². The van der Waals surface area contributed by atoms with Gasteiger partial charge in [-0.05, 0) is 29.8 Å². The summed E-state index contributed by atoms with van der Waals surface area (Å²) in [6.07, 6.45) is 1.81. The summed E-state index contributed by atoms with van der Waals surface area (Å²) in [5.74, 6) is -0.243. The third-order valence-corrected chi connectivity index (χ3v) is 4.93. The molecular weight excluding hydrogens is 478 g/mol. The van der Waals surface area contributed by atoms with Crippen LogP contribution >= 0.6 is 27.3 Å². The third-order valence-electron chi connectivity index (χ3n) is 3.54. The second-order valence-corrected chi connectivity index (χ2v) is 6.98. The van der Waals surface area contributed by atoms with Crippen molar-refractivity contribution in [2.45, 2.75) is 6.54 Å². The normalized spacial score (nSPS) is 10.9. The molecular formula is C19H16Br2N3OS-. The van der Waals surface area contributed by atoms with Gasteiger partial charge in [-0.1, -0.05) is 52.3 Å². The van der Waals surface area contributed by atoms with Crippen LogP contribution in [-0.4, -0.2) is 10.5 Å². The summed E-state index contributed by atoms with van der Waals surface area (Å²) in [5, 5.41) is 6.32. The number of carbonyl (C=O) groups is 1. The Bertz CT molecular complexity index is 947. The molecule has 0 aliphatic rings. The molecule has 0 radical (unpaired) electrons. The van der Waals surface area contributed by atoms with E-state index in [1.54, 1.807) is 12.1 Å². The van der Waals surface area contributed by atoms with E-state index in [4.69, 9.17) is 0 Å². The largest absolute Gasteiger partial charge is 1.00 e. The van der Waals surface area contributed by atoms with Gasteiger partial charge in [-0.25, -0.2) is 5.43 Å². The fourth-order valence-corrected chi connectivity index (χ4v) is 3.47. The zero-order chi connectivity index (χ0) is 17.6. The van der Waals surface area contributed by atoms with Gasteiger partial charge in [-0.2, -0.15) is 0 Å². The van der Waals surface area contributed by atoms with Gasteiger partial charge in [0.25, 0.3) is 5.91 Å². The molecule has 0 bridgehead atoms. The average Bonchev–Trinajstić information content (AvgIpc) is 3.04. The van der Waals surface area contributed by atoms with E-state index in [-0.39, 0.29) is 22.9 Å². The van der Waals surface area contributed by atoms with E-state index >= 15 is 0 Å². The van der Waals surface area contributed by atoms with Gasteiger partial charge in [0.05, 0.1) is 5.69 Å². The highest BCUT2D eigenvalue weighted by atomic mass is 79.9. The van der Waals surface area contributed by atoms with Crippen LogP contribution in [0, 0.1) is 0 Å². The summed E-state index contributed by atoms with van der Waals surface area (Å²) < 4.78 is 2.95. The third kappa shape index (κ3) is 4.81. The number of allylic oxidation sites excluding steroid dienone is 1. The van der Waals surface area contributed by atoms with Crippen molar-refractivity contribution in [3.8, 4) is 11.3 Å². The molecule has 1 heterocycles. The molecule has 0 saturated heterocycles. The molecule has 2 aromatic carbocycles. The highest BCUT2D eigenvalue weighted by molar-refractivity contribution is 9.10. The Morgan fingerprint density at radius 1 is 1.19 bits per heavy atom. The molecule has 0 saturated carbocycles. The Morgan fingerprint density at radius 2 is 1.88 bits per heavy atom. The quantitative estimate of drug-likeness (QED) is 0.424. The van der Waals surface area contributed by atoms with Gasteiger partial charge < -0.3 is 21.5 Å². The summed E-state index contributed by atoms with van der Waals surface area (Å²) in [7, 11) is 0. The van der Waals surface area contributed by atoms with Gasteiger partial charge in [-0.15, -0.1) is 23.0 Å². The molecule has 3 aromatic rings. The SMILES string of the molecule is C=CCn1c(-c2ccccc2)cs/c1=N\NC(=O)c1ccc(Br)cc1.[Br-]. The van der Waals surface area contributed by atoms with E-state index in [1.165, 1.54) is 11.3 Å². The summed E-state index contributed by atoms with van der Waals surface area (Å²) in [4.78, 5) is 12.9. The second-order valence-electron chi connectivity index (χ2n) is 5.23. The molecule has 0 aliphatic carbocycles. The zero-order valence-corrected chi connectivity index (χ0v) is 17.7. The van der Waals surface area contributed by atoms with Crippen LogP contribution in [-0.2, 0) is 6.54 Å². The van der Waals surface area contributed by atoms with E-state index < -0.39 is 0 Å². The number of hydrogen-bond donors (Lipinski definition) is 1. The minimum absolute atomic E-state index is 0. The lowest BCUT2D eigenvalue weighted by molar-refractivity contribution is -0.0000130. The van der Waals surface area contributed by atoms with Crippen LogP contribution in [0.25, 0.3) is 11.3 Å². The smallest absolute Gasteiger partial charge is 0.271 e. The summed E-state index contributed by atoms with van der Waals surface area (Å²) in [6, 6.07) is 17.2. The Kier molecular flexibility index (Phi) is 7.56. The highest BCUT2D eigenvalue weighted by Gasteiger charge is 2.08. The van der Waals surface area contributed by atoms with Crippen molar-refractivity contribution in [1.29, 1.82) is 0 Å². The van der Waals surface area contributed by atoms with Crippen molar-refractivity contribution < 1.29 is 21.8 Å². The summed E-state index contributed by atoms with van der Waals surface area (Å²) in [6.45, 7) is 4.42. The lowest BCUT2D eigenvalue weighted by Crippen LogP contribution is -3.00. The molecule has 0 fully saturated rings. The number of nitrogens with one attached hydrogen (secondary N) is 1. The molecule has 0 atom stereocenters. The number of nitrogens with zero attached hydrogens (tertiary/aromatic N) is 2. The van der Waals surface area contributed by atoms with Crippen LogP contribution in [0.15, 0.2) is 82.2 Å². The first-order chi connectivity index (χ1) is 12.2. The van der Waals surface area contributed by atoms with E-state index in [0.29, 0.717) is 16.9 Å². The van der Waals surface area contributed by atoms with Crippen LogP contribution in [0.2, 0.25) is 0 Å². The Morgan fingerprint density at radius 3 is 2.54 bits per heavy atom. The zero-order valence-electron chi connectivity index (χ0n) is 13.7. The lowest BCUT2D eigenvalue weighted by atomic mass is 10.2. The average molecular weight is 494 g/mol. The fourth-order valence-electron chi connectivity index (χ4n) is 2.33. The van der Waals surface area contributed by atoms with Gasteiger partial charge in [0.15, 0.2) is 0 Å². The number of benzene rings is 2. The Balaban J connectivity index is 0.00000243. The van der Waals surface area contributed by atoms with E-state index in [2.05, 4.69) is 33.0 Å². The summed E-state index contributed by atoms with van der Waals surface area (Å²) >= 11 is 4.83. The van der Waals surface area contributed by atoms with Crippen LogP contribution in [0.4, 0.5) is 0 Å². The number of carbonyl (C=O) groups excluding carboxylic acids is 1. The first kappa shape index (κ1) is 20.4. The molecule has 1 aromatic heterocycles. The summed E-state index contributed by atoms with van der Waals surface area (Å²) in [5.41, 5.74) is 5.32.